The number of nitrogens with zero attached hydrogens (tertiary/aromatic N) is 1. The van der Waals surface area contributed by atoms with Gasteiger partial charge < -0.3 is 10.1 Å². The Kier molecular flexibility index (Phi) is 6.44. The Labute approximate surface area is 151 Å². The van der Waals surface area contributed by atoms with E-state index in [-0.39, 0.29) is 17.5 Å². The standard InChI is InChI=1S/C19H21FN2O2S/c20-17-3-1-2-4-18(17)25-14-19(23)21-16-7-5-15(6-8-16)13-22-9-11-24-12-10-22/h1-8H,9-14H2,(H,21,23). The van der Waals surface area contributed by atoms with Crippen molar-refractivity contribution in [3.05, 3.63) is 59.9 Å². The summed E-state index contributed by atoms with van der Waals surface area (Å²) in [6.07, 6.45) is 0. The first-order valence-corrected chi connectivity index (χ1v) is 9.25. The van der Waals surface area contributed by atoms with Crippen LogP contribution in [0.5, 0.6) is 0 Å². The number of thioether (sulfide) groups is 1. The molecule has 25 heavy (non-hydrogen) atoms. The molecule has 2 aromatic carbocycles. The summed E-state index contributed by atoms with van der Waals surface area (Å²) in [5, 5.41) is 2.85. The minimum absolute atomic E-state index is 0.144. The zero-order valence-corrected chi connectivity index (χ0v) is 14.7. The van der Waals surface area contributed by atoms with E-state index >= 15 is 0 Å². The van der Waals surface area contributed by atoms with Crippen molar-refractivity contribution in [1.82, 2.24) is 4.90 Å². The first-order valence-electron chi connectivity index (χ1n) is 8.27. The summed E-state index contributed by atoms with van der Waals surface area (Å²) in [4.78, 5) is 14.9. The molecule has 6 heteroatoms. The van der Waals surface area contributed by atoms with E-state index in [0.717, 1.165) is 38.5 Å². The molecule has 1 amide bonds. The largest absolute Gasteiger partial charge is 0.379 e. The first-order chi connectivity index (χ1) is 12.2. The third-order valence-electron chi connectivity index (χ3n) is 3.94. The molecule has 1 aliphatic rings. The fraction of sp³-hybridized carbons (Fsp3) is 0.316. The van der Waals surface area contributed by atoms with Gasteiger partial charge in [-0.2, -0.15) is 0 Å². The van der Waals surface area contributed by atoms with Gasteiger partial charge in [0, 0.05) is 30.2 Å². The maximum atomic E-state index is 13.5. The molecule has 132 valence electrons. The molecule has 0 bridgehead atoms. The number of rotatable bonds is 6. The van der Waals surface area contributed by atoms with E-state index < -0.39 is 0 Å². The molecule has 1 heterocycles. The molecule has 0 saturated carbocycles. The minimum Gasteiger partial charge on any atom is -0.379 e. The molecular formula is C19H21FN2O2S. The normalized spacial score (nSPS) is 15.1. The van der Waals surface area contributed by atoms with E-state index in [1.807, 2.05) is 24.3 Å². The Hall–Kier alpha value is -1.89. The molecule has 0 atom stereocenters. The second kappa shape index (κ2) is 8.99. The van der Waals surface area contributed by atoms with Crippen molar-refractivity contribution < 1.29 is 13.9 Å². The van der Waals surface area contributed by atoms with Crippen LogP contribution in [-0.2, 0) is 16.1 Å². The Morgan fingerprint density at radius 3 is 2.56 bits per heavy atom. The van der Waals surface area contributed by atoms with Gasteiger partial charge in [0.05, 0.1) is 19.0 Å². The van der Waals surface area contributed by atoms with E-state index in [0.29, 0.717) is 4.90 Å². The van der Waals surface area contributed by atoms with E-state index in [1.165, 1.54) is 23.4 Å². The summed E-state index contributed by atoms with van der Waals surface area (Å²) in [7, 11) is 0. The zero-order valence-electron chi connectivity index (χ0n) is 13.9. The van der Waals surface area contributed by atoms with Gasteiger partial charge in [-0.25, -0.2) is 4.39 Å². The molecule has 0 radical (unpaired) electrons. The average Bonchev–Trinajstić information content (AvgIpc) is 2.64. The van der Waals surface area contributed by atoms with Gasteiger partial charge in [-0.05, 0) is 29.8 Å². The first kappa shape index (κ1) is 17.9. The van der Waals surface area contributed by atoms with Gasteiger partial charge in [0.2, 0.25) is 5.91 Å². The van der Waals surface area contributed by atoms with Crippen LogP contribution in [0, 0.1) is 5.82 Å². The van der Waals surface area contributed by atoms with E-state index in [2.05, 4.69) is 10.2 Å². The number of morpholine rings is 1. The minimum atomic E-state index is -0.298. The van der Waals surface area contributed by atoms with E-state index in [1.54, 1.807) is 18.2 Å². The van der Waals surface area contributed by atoms with Gasteiger partial charge in [0.1, 0.15) is 5.82 Å². The number of benzene rings is 2. The third kappa shape index (κ3) is 5.56. The van der Waals surface area contributed by atoms with Crippen LogP contribution in [-0.4, -0.2) is 42.9 Å². The second-order valence-electron chi connectivity index (χ2n) is 5.85. The third-order valence-corrected chi connectivity index (χ3v) is 4.99. The molecule has 1 N–H and O–H groups in total. The highest BCUT2D eigenvalue weighted by Crippen LogP contribution is 2.21. The summed E-state index contributed by atoms with van der Waals surface area (Å²) in [5.41, 5.74) is 1.96. The fourth-order valence-electron chi connectivity index (χ4n) is 2.61. The monoisotopic (exact) mass is 360 g/mol. The predicted octanol–water partition coefficient (Wildman–Crippen LogP) is 3.39. The summed E-state index contributed by atoms with van der Waals surface area (Å²) in [6.45, 7) is 4.36. The number of hydrogen-bond donors (Lipinski definition) is 1. The van der Waals surface area contributed by atoms with Crippen LogP contribution in [0.1, 0.15) is 5.56 Å². The van der Waals surface area contributed by atoms with Crippen molar-refractivity contribution in [2.45, 2.75) is 11.4 Å². The number of anilines is 1. The highest BCUT2D eigenvalue weighted by molar-refractivity contribution is 8.00. The van der Waals surface area contributed by atoms with E-state index in [9.17, 15) is 9.18 Å². The number of hydrogen-bond acceptors (Lipinski definition) is 4. The van der Waals surface area contributed by atoms with Crippen molar-refractivity contribution in [1.29, 1.82) is 0 Å². The van der Waals surface area contributed by atoms with Gasteiger partial charge in [0.25, 0.3) is 0 Å². The molecule has 0 spiro atoms. The van der Waals surface area contributed by atoms with Crippen molar-refractivity contribution in [3.63, 3.8) is 0 Å². The molecule has 0 unspecified atom stereocenters. The summed E-state index contributed by atoms with van der Waals surface area (Å²) in [6, 6.07) is 14.3. The van der Waals surface area contributed by atoms with Crippen molar-refractivity contribution in [2.24, 2.45) is 0 Å². The molecule has 3 rings (SSSR count). The SMILES string of the molecule is O=C(CSc1ccccc1F)Nc1ccc(CN2CCOCC2)cc1. The van der Waals surface area contributed by atoms with Crippen LogP contribution in [0.2, 0.25) is 0 Å². The smallest absolute Gasteiger partial charge is 0.234 e. The molecular weight excluding hydrogens is 339 g/mol. The number of halogens is 1. The lowest BCUT2D eigenvalue weighted by Gasteiger charge is -2.26. The molecule has 0 aromatic heterocycles. The topological polar surface area (TPSA) is 41.6 Å². The van der Waals surface area contributed by atoms with Gasteiger partial charge in [-0.1, -0.05) is 24.3 Å². The zero-order chi connectivity index (χ0) is 17.5. The van der Waals surface area contributed by atoms with E-state index in [4.69, 9.17) is 4.74 Å². The number of ether oxygens (including phenoxy) is 1. The lowest BCUT2D eigenvalue weighted by Crippen LogP contribution is -2.35. The maximum Gasteiger partial charge on any atom is 0.234 e. The predicted molar refractivity (Wildman–Crippen MR) is 98.3 cm³/mol. The lowest BCUT2D eigenvalue weighted by atomic mass is 10.2. The number of carbonyl (C=O) groups excluding carboxylic acids is 1. The summed E-state index contributed by atoms with van der Waals surface area (Å²) >= 11 is 1.20. The molecule has 1 aliphatic heterocycles. The van der Waals surface area contributed by atoms with Crippen LogP contribution < -0.4 is 5.32 Å². The highest BCUT2D eigenvalue weighted by Gasteiger charge is 2.11. The molecule has 0 aliphatic carbocycles. The van der Waals surface area contributed by atoms with Crippen LogP contribution in [0.3, 0.4) is 0 Å². The Morgan fingerprint density at radius 2 is 1.84 bits per heavy atom. The number of nitrogens with one attached hydrogen (secondary N) is 1. The fourth-order valence-corrected chi connectivity index (χ4v) is 3.35. The second-order valence-corrected chi connectivity index (χ2v) is 6.87. The number of amides is 1. The van der Waals surface area contributed by atoms with Gasteiger partial charge in [-0.3, -0.25) is 9.69 Å². The van der Waals surface area contributed by atoms with Crippen LogP contribution in [0.15, 0.2) is 53.4 Å². The molecule has 1 fully saturated rings. The van der Waals surface area contributed by atoms with Gasteiger partial charge in [0.15, 0.2) is 0 Å². The lowest BCUT2D eigenvalue weighted by molar-refractivity contribution is -0.113. The molecule has 2 aromatic rings. The highest BCUT2D eigenvalue weighted by atomic mass is 32.2. The Balaban J connectivity index is 1.47. The van der Waals surface area contributed by atoms with Crippen molar-refractivity contribution >= 4 is 23.4 Å². The van der Waals surface area contributed by atoms with Crippen LogP contribution in [0.4, 0.5) is 10.1 Å². The van der Waals surface area contributed by atoms with Crippen molar-refractivity contribution in [2.75, 3.05) is 37.4 Å². The Morgan fingerprint density at radius 1 is 1.12 bits per heavy atom. The van der Waals surface area contributed by atoms with Crippen LogP contribution in [0.25, 0.3) is 0 Å². The van der Waals surface area contributed by atoms with Gasteiger partial charge >= 0.3 is 0 Å². The van der Waals surface area contributed by atoms with Gasteiger partial charge in [-0.15, -0.1) is 11.8 Å². The Bertz CT molecular complexity index is 703. The maximum absolute atomic E-state index is 13.5. The summed E-state index contributed by atoms with van der Waals surface area (Å²) in [5.74, 6) is -0.266. The number of carbonyl (C=O) groups is 1. The average molecular weight is 360 g/mol. The van der Waals surface area contributed by atoms with Crippen molar-refractivity contribution in [3.8, 4) is 0 Å². The molecule has 4 nitrogen and oxygen atoms in total. The summed E-state index contributed by atoms with van der Waals surface area (Å²) < 4.78 is 18.9. The quantitative estimate of drug-likeness (QED) is 0.802. The van der Waals surface area contributed by atoms with Crippen LogP contribution >= 0.6 is 11.8 Å². The molecule has 1 saturated heterocycles.